The highest BCUT2D eigenvalue weighted by molar-refractivity contribution is 5.83. The highest BCUT2D eigenvalue weighted by Gasteiger charge is 2.29. The van der Waals surface area contributed by atoms with Crippen molar-refractivity contribution in [2.75, 3.05) is 39.3 Å². The number of nitrogens with zero attached hydrogens (tertiary/aromatic N) is 4. The lowest BCUT2D eigenvalue weighted by atomic mass is 10.0. The number of hydrogen-bond acceptors (Lipinski definition) is 5. The average Bonchev–Trinajstić information content (AvgIpc) is 3.08. The first-order chi connectivity index (χ1) is 13.1. The molecule has 2 aromatic rings. The summed E-state index contributed by atoms with van der Waals surface area (Å²) >= 11 is 0. The molecule has 0 aliphatic carbocycles. The lowest BCUT2D eigenvalue weighted by Gasteiger charge is -2.41. The van der Waals surface area contributed by atoms with Gasteiger partial charge in [0.15, 0.2) is 0 Å². The van der Waals surface area contributed by atoms with E-state index in [9.17, 15) is 4.79 Å². The second kappa shape index (κ2) is 7.96. The molecule has 1 atom stereocenters. The highest BCUT2D eigenvalue weighted by atomic mass is 16.2. The van der Waals surface area contributed by atoms with E-state index >= 15 is 0 Å². The van der Waals surface area contributed by atoms with Crippen molar-refractivity contribution in [3.05, 3.63) is 30.0 Å². The number of aryl methyl sites for hydroxylation is 1. The van der Waals surface area contributed by atoms with E-state index in [0.29, 0.717) is 12.5 Å². The zero-order valence-electron chi connectivity index (χ0n) is 16.1. The minimum Gasteiger partial charge on any atom is -0.339 e. The van der Waals surface area contributed by atoms with Crippen LogP contribution in [0.5, 0.6) is 0 Å². The first kappa shape index (κ1) is 18.4. The number of aromatic nitrogens is 2. The second-order valence-corrected chi connectivity index (χ2v) is 7.81. The Morgan fingerprint density at radius 1 is 1.26 bits per heavy atom. The predicted octanol–water partition coefficient (Wildman–Crippen LogP) is 0.339. The maximum Gasteiger partial charge on any atom is 0.239 e. The third-order valence-electron chi connectivity index (χ3n) is 6.03. The van der Waals surface area contributed by atoms with Crippen molar-refractivity contribution in [2.45, 2.75) is 31.3 Å². The number of nitrogens with one attached hydrogen (secondary N) is 1. The summed E-state index contributed by atoms with van der Waals surface area (Å²) in [6.07, 6.45) is 4.85. The number of piperidine rings is 1. The van der Waals surface area contributed by atoms with Gasteiger partial charge in [-0.3, -0.25) is 14.4 Å². The summed E-state index contributed by atoms with van der Waals surface area (Å²) in [4.78, 5) is 17.3. The van der Waals surface area contributed by atoms with Crippen molar-refractivity contribution in [2.24, 2.45) is 12.8 Å². The average molecular weight is 371 g/mol. The van der Waals surface area contributed by atoms with Crippen LogP contribution >= 0.6 is 0 Å². The van der Waals surface area contributed by atoms with Crippen LogP contribution in [-0.4, -0.2) is 76.8 Å². The van der Waals surface area contributed by atoms with Gasteiger partial charge in [0.1, 0.15) is 0 Å². The van der Waals surface area contributed by atoms with Gasteiger partial charge in [0.2, 0.25) is 5.91 Å². The molecule has 0 spiro atoms. The summed E-state index contributed by atoms with van der Waals surface area (Å²) in [6.45, 7) is 5.72. The van der Waals surface area contributed by atoms with Gasteiger partial charge in [0.05, 0.1) is 17.8 Å². The molecule has 1 amide bonds. The van der Waals surface area contributed by atoms with E-state index < -0.39 is 6.04 Å². The van der Waals surface area contributed by atoms with Crippen molar-refractivity contribution in [3.63, 3.8) is 0 Å². The molecule has 2 aliphatic heterocycles. The summed E-state index contributed by atoms with van der Waals surface area (Å²) in [5.74, 6) is 0.0752. The van der Waals surface area contributed by atoms with Crippen LogP contribution in [0.15, 0.2) is 24.4 Å². The molecule has 3 N–H and O–H groups in total. The minimum absolute atomic E-state index is 0.0752. The Balaban J connectivity index is 1.32. The summed E-state index contributed by atoms with van der Waals surface area (Å²) < 4.78 is 1.85. The Kier molecular flexibility index (Phi) is 5.43. The van der Waals surface area contributed by atoms with Crippen molar-refractivity contribution in [1.29, 1.82) is 0 Å². The molecular weight excluding hydrogens is 340 g/mol. The minimum atomic E-state index is -0.482. The number of hydrogen-bond donors (Lipinski definition) is 2. The first-order valence-corrected chi connectivity index (χ1v) is 10.0. The van der Waals surface area contributed by atoms with Crippen LogP contribution in [0.2, 0.25) is 0 Å². The van der Waals surface area contributed by atoms with Gasteiger partial charge >= 0.3 is 0 Å². The van der Waals surface area contributed by atoms with Gasteiger partial charge in [-0.15, -0.1) is 0 Å². The lowest BCUT2D eigenvalue weighted by molar-refractivity contribution is -0.134. The maximum absolute atomic E-state index is 12.8. The van der Waals surface area contributed by atoms with E-state index in [1.807, 2.05) is 35.0 Å². The Labute approximate surface area is 160 Å². The Hall–Kier alpha value is -1.96. The number of fused-ring (bicyclic) bond motifs is 1. The number of rotatable bonds is 4. The smallest absolute Gasteiger partial charge is 0.239 e. The molecule has 2 aliphatic rings. The summed E-state index contributed by atoms with van der Waals surface area (Å²) in [6, 6.07) is 6.37. The molecule has 2 saturated heterocycles. The van der Waals surface area contributed by atoms with Crippen LogP contribution in [0, 0.1) is 0 Å². The van der Waals surface area contributed by atoms with Crippen LogP contribution in [0.3, 0.4) is 0 Å². The highest BCUT2D eigenvalue weighted by Crippen LogP contribution is 2.18. The molecule has 0 saturated carbocycles. The molecule has 1 aromatic heterocycles. The van der Waals surface area contributed by atoms with Crippen molar-refractivity contribution in [1.82, 2.24) is 24.9 Å². The van der Waals surface area contributed by atoms with Gasteiger partial charge in [0.25, 0.3) is 0 Å². The van der Waals surface area contributed by atoms with Gasteiger partial charge in [0, 0.05) is 44.7 Å². The molecule has 146 valence electrons. The third-order valence-corrected chi connectivity index (χ3v) is 6.03. The van der Waals surface area contributed by atoms with Gasteiger partial charge in [-0.2, -0.15) is 5.10 Å². The summed E-state index contributed by atoms with van der Waals surface area (Å²) in [5, 5.41) is 8.78. The number of carbonyl (C=O) groups is 1. The third kappa shape index (κ3) is 4.00. The molecule has 4 rings (SSSR count). The molecule has 27 heavy (non-hydrogen) atoms. The fraction of sp³-hybridized carbons (Fsp3) is 0.600. The van der Waals surface area contributed by atoms with Crippen molar-refractivity contribution in [3.8, 4) is 0 Å². The summed E-state index contributed by atoms with van der Waals surface area (Å²) in [5.41, 5.74) is 8.45. The van der Waals surface area contributed by atoms with E-state index in [-0.39, 0.29) is 5.91 Å². The SMILES string of the molecule is Cn1ncc2cc(CC(N)C(=O)N3CCN(C4CCNCC4)CC3)ccc21. The van der Waals surface area contributed by atoms with E-state index in [1.54, 1.807) is 0 Å². The van der Waals surface area contributed by atoms with Crippen LogP contribution in [0.1, 0.15) is 18.4 Å². The lowest BCUT2D eigenvalue weighted by Crippen LogP contribution is -2.56. The van der Waals surface area contributed by atoms with Gasteiger partial charge in [-0.25, -0.2) is 0 Å². The quantitative estimate of drug-likeness (QED) is 0.811. The van der Waals surface area contributed by atoms with E-state index in [4.69, 9.17) is 5.73 Å². The van der Waals surface area contributed by atoms with Gasteiger partial charge in [-0.05, 0) is 50.0 Å². The molecule has 1 aromatic carbocycles. The number of amides is 1. The Morgan fingerprint density at radius 2 is 2.00 bits per heavy atom. The standard InChI is InChI=1S/C20H30N6O/c1-24-19-3-2-15(12-16(19)14-23-24)13-18(21)20(27)26-10-8-25(9-11-26)17-4-6-22-7-5-17/h2-3,12,14,17-18,22H,4-11,13,21H2,1H3. The van der Waals surface area contributed by atoms with Crippen LogP contribution in [0.4, 0.5) is 0 Å². The zero-order chi connectivity index (χ0) is 18.8. The largest absolute Gasteiger partial charge is 0.339 e. The Bertz CT molecular complexity index is 789. The fourth-order valence-corrected chi connectivity index (χ4v) is 4.40. The molecule has 1 unspecified atom stereocenters. The molecule has 0 bridgehead atoms. The number of piperazine rings is 1. The number of benzene rings is 1. The van der Waals surface area contributed by atoms with Crippen molar-refractivity contribution >= 4 is 16.8 Å². The maximum atomic E-state index is 12.8. The molecule has 3 heterocycles. The molecule has 7 nitrogen and oxygen atoms in total. The normalized spacial score (nSPS) is 20.9. The topological polar surface area (TPSA) is 79.4 Å². The number of nitrogens with two attached hydrogens (primary N) is 1. The van der Waals surface area contributed by atoms with Crippen LogP contribution in [0.25, 0.3) is 10.9 Å². The molecular formula is C20H30N6O. The van der Waals surface area contributed by atoms with E-state index in [2.05, 4.69) is 21.4 Å². The van der Waals surface area contributed by atoms with E-state index in [0.717, 1.165) is 55.7 Å². The van der Waals surface area contributed by atoms with Crippen LogP contribution < -0.4 is 11.1 Å². The summed E-state index contributed by atoms with van der Waals surface area (Å²) in [7, 11) is 1.93. The van der Waals surface area contributed by atoms with Gasteiger partial charge in [-0.1, -0.05) is 6.07 Å². The predicted molar refractivity (Wildman–Crippen MR) is 106 cm³/mol. The molecule has 7 heteroatoms. The molecule has 2 fully saturated rings. The number of carbonyl (C=O) groups excluding carboxylic acids is 1. The van der Waals surface area contributed by atoms with Crippen LogP contribution in [-0.2, 0) is 18.3 Å². The first-order valence-electron chi connectivity index (χ1n) is 10.0. The zero-order valence-corrected chi connectivity index (χ0v) is 16.1. The fourth-order valence-electron chi connectivity index (χ4n) is 4.40. The van der Waals surface area contributed by atoms with E-state index in [1.165, 1.54) is 12.8 Å². The van der Waals surface area contributed by atoms with Gasteiger partial charge < -0.3 is 16.0 Å². The monoisotopic (exact) mass is 370 g/mol. The second-order valence-electron chi connectivity index (χ2n) is 7.81. The molecule has 0 radical (unpaired) electrons. The van der Waals surface area contributed by atoms with Crippen molar-refractivity contribution < 1.29 is 4.79 Å². The Morgan fingerprint density at radius 3 is 2.74 bits per heavy atom.